The number of hydrogen-bond acceptors (Lipinski definition) is 4. The molecule has 0 saturated carbocycles. The van der Waals surface area contributed by atoms with E-state index in [-0.39, 0.29) is 0 Å². The fourth-order valence-corrected chi connectivity index (χ4v) is 2.01. The maximum Gasteiger partial charge on any atom is 0.191 e. The van der Waals surface area contributed by atoms with E-state index in [1.165, 1.54) is 4.88 Å². The lowest BCUT2D eigenvalue weighted by Gasteiger charge is -2.10. The topological polar surface area (TPSA) is 58.5 Å². The van der Waals surface area contributed by atoms with Gasteiger partial charge in [0.1, 0.15) is 5.01 Å². The Balaban J connectivity index is 2.23. The molecule has 1 heterocycles. The molecule has 1 aromatic heterocycles. The Labute approximate surface area is 106 Å². The van der Waals surface area contributed by atoms with Gasteiger partial charge in [0.15, 0.2) is 5.96 Å². The molecule has 96 valence electrons. The summed E-state index contributed by atoms with van der Waals surface area (Å²) in [6, 6.07) is 0. The number of aryl methyl sites for hydroxylation is 1. The standard InChI is InChI=1S/C11H20N4OS/c1-9-7-14-10(17-9)8-15-11(12-2)13-5-4-6-16-3/h7H,4-6,8H2,1-3H3,(H2,12,13,15). The van der Waals surface area contributed by atoms with Gasteiger partial charge in [0.2, 0.25) is 0 Å². The number of aliphatic imine (C=N–C) groups is 1. The van der Waals surface area contributed by atoms with Gasteiger partial charge in [-0.3, -0.25) is 4.99 Å². The van der Waals surface area contributed by atoms with E-state index in [4.69, 9.17) is 4.74 Å². The van der Waals surface area contributed by atoms with Crippen molar-refractivity contribution in [3.05, 3.63) is 16.1 Å². The lowest BCUT2D eigenvalue weighted by atomic mass is 10.4. The first-order valence-electron chi connectivity index (χ1n) is 5.61. The Bertz CT molecular complexity index is 351. The summed E-state index contributed by atoms with van der Waals surface area (Å²) in [5.74, 6) is 0.800. The number of thiazole rings is 1. The van der Waals surface area contributed by atoms with Crippen LogP contribution in [0.3, 0.4) is 0 Å². The largest absolute Gasteiger partial charge is 0.385 e. The number of methoxy groups -OCH3 is 1. The fraction of sp³-hybridized carbons (Fsp3) is 0.636. The maximum atomic E-state index is 4.98. The summed E-state index contributed by atoms with van der Waals surface area (Å²) in [5.41, 5.74) is 0. The number of hydrogen-bond donors (Lipinski definition) is 2. The molecular weight excluding hydrogens is 236 g/mol. The van der Waals surface area contributed by atoms with Crippen molar-refractivity contribution in [1.29, 1.82) is 0 Å². The monoisotopic (exact) mass is 256 g/mol. The lowest BCUT2D eigenvalue weighted by Crippen LogP contribution is -2.37. The highest BCUT2D eigenvalue weighted by molar-refractivity contribution is 7.11. The Morgan fingerprint density at radius 2 is 2.35 bits per heavy atom. The smallest absolute Gasteiger partial charge is 0.191 e. The number of rotatable bonds is 6. The molecule has 0 aromatic carbocycles. The zero-order chi connectivity index (χ0) is 12.5. The van der Waals surface area contributed by atoms with Gasteiger partial charge in [-0.2, -0.15) is 0 Å². The second kappa shape index (κ2) is 8.03. The third-order valence-corrected chi connectivity index (χ3v) is 3.03. The molecule has 1 rings (SSSR count). The van der Waals surface area contributed by atoms with Crippen LogP contribution in [-0.4, -0.2) is 38.3 Å². The van der Waals surface area contributed by atoms with Crippen LogP contribution < -0.4 is 10.6 Å². The molecule has 0 saturated heterocycles. The highest BCUT2D eigenvalue weighted by Gasteiger charge is 2.00. The second-order valence-corrected chi connectivity index (χ2v) is 4.88. The van der Waals surface area contributed by atoms with Crippen LogP contribution in [-0.2, 0) is 11.3 Å². The van der Waals surface area contributed by atoms with Crippen LogP contribution >= 0.6 is 11.3 Å². The Morgan fingerprint density at radius 1 is 1.53 bits per heavy atom. The zero-order valence-electron chi connectivity index (χ0n) is 10.6. The van der Waals surface area contributed by atoms with E-state index < -0.39 is 0 Å². The molecular formula is C11H20N4OS. The molecule has 0 radical (unpaired) electrons. The van der Waals surface area contributed by atoms with Gasteiger partial charge in [-0.25, -0.2) is 4.98 Å². The first kappa shape index (κ1) is 13.9. The molecule has 0 amide bonds. The van der Waals surface area contributed by atoms with Crippen molar-refractivity contribution in [2.45, 2.75) is 19.9 Å². The van der Waals surface area contributed by atoms with Crippen LogP contribution in [0.5, 0.6) is 0 Å². The van der Waals surface area contributed by atoms with Crippen LogP contribution in [0.1, 0.15) is 16.3 Å². The van der Waals surface area contributed by atoms with Crippen molar-refractivity contribution < 1.29 is 4.74 Å². The number of ether oxygens (including phenoxy) is 1. The third kappa shape index (κ3) is 5.65. The summed E-state index contributed by atoms with van der Waals surface area (Å²) in [5, 5.41) is 7.51. The quantitative estimate of drug-likeness (QED) is 0.455. The minimum absolute atomic E-state index is 0.711. The van der Waals surface area contributed by atoms with E-state index in [2.05, 4.69) is 27.5 Å². The summed E-state index contributed by atoms with van der Waals surface area (Å²) in [6.07, 6.45) is 2.85. The number of guanidine groups is 1. The molecule has 17 heavy (non-hydrogen) atoms. The predicted octanol–water partition coefficient (Wildman–Crippen LogP) is 1.15. The summed E-state index contributed by atoms with van der Waals surface area (Å²) in [7, 11) is 3.47. The van der Waals surface area contributed by atoms with Crippen LogP contribution in [0.4, 0.5) is 0 Å². The van der Waals surface area contributed by atoms with Crippen LogP contribution in [0.15, 0.2) is 11.2 Å². The van der Waals surface area contributed by atoms with Gasteiger partial charge in [-0.05, 0) is 13.3 Å². The molecule has 0 aliphatic carbocycles. The molecule has 6 heteroatoms. The summed E-state index contributed by atoms with van der Waals surface area (Å²) >= 11 is 1.70. The van der Waals surface area contributed by atoms with Gasteiger partial charge >= 0.3 is 0 Å². The summed E-state index contributed by atoms with van der Waals surface area (Å²) < 4.78 is 4.98. The predicted molar refractivity (Wildman–Crippen MR) is 71.5 cm³/mol. The van der Waals surface area contributed by atoms with Crippen molar-refractivity contribution in [3.63, 3.8) is 0 Å². The van der Waals surface area contributed by atoms with E-state index in [1.807, 2.05) is 6.20 Å². The van der Waals surface area contributed by atoms with E-state index in [0.717, 1.165) is 30.5 Å². The number of aromatic nitrogens is 1. The van der Waals surface area contributed by atoms with Gasteiger partial charge < -0.3 is 15.4 Å². The van der Waals surface area contributed by atoms with Crippen molar-refractivity contribution in [2.75, 3.05) is 27.3 Å². The molecule has 0 unspecified atom stereocenters. The van der Waals surface area contributed by atoms with Crippen molar-refractivity contribution >= 4 is 17.3 Å². The van der Waals surface area contributed by atoms with E-state index in [0.29, 0.717) is 6.54 Å². The second-order valence-electron chi connectivity index (χ2n) is 3.56. The van der Waals surface area contributed by atoms with E-state index in [9.17, 15) is 0 Å². The maximum absolute atomic E-state index is 4.98. The minimum atomic E-state index is 0.711. The molecule has 0 spiro atoms. The van der Waals surface area contributed by atoms with Crippen LogP contribution in [0, 0.1) is 6.92 Å². The molecule has 0 bridgehead atoms. The van der Waals surface area contributed by atoms with Crippen LogP contribution in [0.2, 0.25) is 0 Å². The van der Waals surface area contributed by atoms with Gasteiger partial charge in [0.05, 0.1) is 6.54 Å². The Kier molecular flexibility index (Phi) is 6.57. The van der Waals surface area contributed by atoms with Crippen molar-refractivity contribution in [3.8, 4) is 0 Å². The Hall–Kier alpha value is -1.14. The molecule has 1 aromatic rings. The number of nitrogens with one attached hydrogen (secondary N) is 2. The van der Waals surface area contributed by atoms with Gasteiger partial charge in [-0.1, -0.05) is 0 Å². The molecule has 2 N–H and O–H groups in total. The SMILES string of the molecule is CN=C(NCCCOC)NCc1ncc(C)s1. The van der Waals surface area contributed by atoms with Gasteiger partial charge in [0.25, 0.3) is 0 Å². The van der Waals surface area contributed by atoms with E-state index in [1.54, 1.807) is 25.5 Å². The molecule has 0 fully saturated rings. The zero-order valence-corrected chi connectivity index (χ0v) is 11.4. The van der Waals surface area contributed by atoms with Gasteiger partial charge in [-0.15, -0.1) is 11.3 Å². The lowest BCUT2D eigenvalue weighted by molar-refractivity contribution is 0.195. The normalized spacial score (nSPS) is 11.6. The van der Waals surface area contributed by atoms with E-state index >= 15 is 0 Å². The molecule has 5 nitrogen and oxygen atoms in total. The number of nitrogens with zero attached hydrogens (tertiary/aromatic N) is 2. The van der Waals surface area contributed by atoms with Crippen molar-refractivity contribution in [2.24, 2.45) is 4.99 Å². The third-order valence-electron chi connectivity index (χ3n) is 2.12. The first-order valence-corrected chi connectivity index (χ1v) is 6.42. The molecule has 0 atom stereocenters. The summed E-state index contributed by atoms with van der Waals surface area (Å²) in [4.78, 5) is 9.65. The first-order chi connectivity index (χ1) is 8.26. The Morgan fingerprint density at radius 3 is 2.94 bits per heavy atom. The van der Waals surface area contributed by atoms with Gasteiger partial charge in [0, 0.05) is 38.4 Å². The van der Waals surface area contributed by atoms with Crippen LogP contribution in [0.25, 0.3) is 0 Å². The average Bonchev–Trinajstić information content (AvgIpc) is 2.74. The average molecular weight is 256 g/mol. The highest BCUT2D eigenvalue weighted by Crippen LogP contribution is 2.10. The molecule has 0 aliphatic heterocycles. The highest BCUT2D eigenvalue weighted by atomic mass is 32.1. The molecule has 0 aliphatic rings. The van der Waals surface area contributed by atoms with Crippen molar-refractivity contribution in [1.82, 2.24) is 15.6 Å². The fourth-order valence-electron chi connectivity index (χ4n) is 1.29. The minimum Gasteiger partial charge on any atom is -0.385 e. The summed E-state index contributed by atoms with van der Waals surface area (Å²) in [6.45, 7) is 4.38.